The van der Waals surface area contributed by atoms with Gasteiger partial charge in [-0.2, -0.15) is 5.10 Å². The molecule has 30 heavy (non-hydrogen) atoms. The van der Waals surface area contributed by atoms with E-state index >= 15 is 0 Å². The zero-order valence-corrected chi connectivity index (χ0v) is 18.2. The zero-order chi connectivity index (χ0) is 21.3. The molecule has 2 aliphatic rings. The standard InChI is InChI=1S/C22H32N6O2/c1-26(2)21-23-13-18(17-12-24-27(3)14-17)20(25-21)16-7-10-28(15-16)19(29)11-22(30)8-5-4-6-9-22/h12-14,16,30H,4-11,15H2,1-3H3/t16-/m0/s1. The number of carbonyl (C=O) groups excluding carboxylic acids is 1. The van der Waals surface area contributed by atoms with Crippen molar-refractivity contribution in [2.45, 2.75) is 56.5 Å². The van der Waals surface area contributed by atoms with Crippen LogP contribution in [0.2, 0.25) is 0 Å². The van der Waals surface area contributed by atoms with Gasteiger partial charge in [-0.05, 0) is 19.3 Å². The van der Waals surface area contributed by atoms with Crippen LogP contribution in [0.3, 0.4) is 0 Å². The predicted molar refractivity (Wildman–Crippen MR) is 115 cm³/mol. The summed E-state index contributed by atoms with van der Waals surface area (Å²) in [6.45, 7) is 1.33. The molecule has 1 atom stereocenters. The van der Waals surface area contributed by atoms with E-state index in [0.29, 0.717) is 19.0 Å². The highest BCUT2D eigenvalue weighted by atomic mass is 16.3. The van der Waals surface area contributed by atoms with Crippen molar-refractivity contribution in [3.63, 3.8) is 0 Å². The highest BCUT2D eigenvalue weighted by Gasteiger charge is 2.36. The van der Waals surface area contributed by atoms with Crippen molar-refractivity contribution in [2.24, 2.45) is 7.05 Å². The molecule has 1 saturated carbocycles. The molecule has 1 aliphatic heterocycles. The maximum atomic E-state index is 12.9. The minimum atomic E-state index is -0.818. The zero-order valence-electron chi connectivity index (χ0n) is 18.2. The first-order chi connectivity index (χ1) is 14.3. The molecule has 0 bridgehead atoms. The lowest BCUT2D eigenvalue weighted by atomic mass is 9.82. The lowest BCUT2D eigenvalue weighted by Crippen LogP contribution is -2.39. The molecule has 1 saturated heterocycles. The number of rotatable bonds is 5. The van der Waals surface area contributed by atoms with Crippen molar-refractivity contribution in [3.05, 3.63) is 24.3 Å². The van der Waals surface area contributed by atoms with Crippen molar-refractivity contribution in [2.75, 3.05) is 32.1 Å². The average Bonchev–Trinajstić information content (AvgIpc) is 3.37. The van der Waals surface area contributed by atoms with E-state index in [0.717, 1.165) is 55.3 Å². The fourth-order valence-corrected chi connectivity index (χ4v) is 4.68. The van der Waals surface area contributed by atoms with Crippen molar-refractivity contribution >= 4 is 11.9 Å². The Labute approximate surface area is 177 Å². The van der Waals surface area contributed by atoms with Gasteiger partial charge in [0, 0.05) is 63.7 Å². The molecule has 2 aromatic rings. The molecular weight excluding hydrogens is 380 g/mol. The highest BCUT2D eigenvalue weighted by Crippen LogP contribution is 2.36. The Morgan fingerprint density at radius 1 is 1.27 bits per heavy atom. The minimum Gasteiger partial charge on any atom is -0.389 e. The van der Waals surface area contributed by atoms with Crippen LogP contribution in [0.15, 0.2) is 18.6 Å². The summed E-state index contributed by atoms with van der Waals surface area (Å²) in [6, 6.07) is 0. The normalized spacial score (nSPS) is 21.1. The number of aliphatic hydroxyl groups is 1. The minimum absolute atomic E-state index is 0.0618. The Morgan fingerprint density at radius 2 is 2.03 bits per heavy atom. The summed E-state index contributed by atoms with van der Waals surface area (Å²) in [7, 11) is 5.75. The van der Waals surface area contributed by atoms with E-state index in [4.69, 9.17) is 4.98 Å². The molecule has 1 N–H and O–H groups in total. The van der Waals surface area contributed by atoms with Crippen LogP contribution in [0.1, 0.15) is 56.6 Å². The monoisotopic (exact) mass is 412 g/mol. The third kappa shape index (κ3) is 4.33. The number of amides is 1. The molecular formula is C22H32N6O2. The summed E-state index contributed by atoms with van der Waals surface area (Å²) in [5.74, 6) is 0.873. The van der Waals surface area contributed by atoms with Crippen LogP contribution in [0.5, 0.6) is 0 Å². The second-order valence-corrected chi connectivity index (χ2v) is 9.05. The van der Waals surface area contributed by atoms with Crippen LogP contribution in [-0.4, -0.2) is 68.4 Å². The summed E-state index contributed by atoms with van der Waals surface area (Å²) in [5, 5.41) is 15.1. The Balaban J connectivity index is 1.54. The van der Waals surface area contributed by atoms with Crippen LogP contribution in [-0.2, 0) is 11.8 Å². The number of carbonyl (C=O) groups is 1. The smallest absolute Gasteiger partial charge is 0.225 e. The van der Waals surface area contributed by atoms with Crippen LogP contribution in [0.4, 0.5) is 5.95 Å². The maximum absolute atomic E-state index is 12.9. The molecule has 162 valence electrons. The van der Waals surface area contributed by atoms with Gasteiger partial charge < -0.3 is 14.9 Å². The topological polar surface area (TPSA) is 87.4 Å². The number of hydrogen-bond donors (Lipinski definition) is 1. The maximum Gasteiger partial charge on any atom is 0.225 e. The van der Waals surface area contributed by atoms with E-state index in [2.05, 4.69) is 10.1 Å². The van der Waals surface area contributed by atoms with Crippen molar-refractivity contribution < 1.29 is 9.90 Å². The second kappa shape index (κ2) is 8.34. The van der Waals surface area contributed by atoms with Gasteiger partial charge in [0.05, 0.1) is 23.9 Å². The molecule has 8 nitrogen and oxygen atoms in total. The number of likely N-dealkylation sites (tertiary alicyclic amines) is 1. The molecule has 1 amide bonds. The average molecular weight is 413 g/mol. The third-order valence-electron chi connectivity index (χ3n) is 6.41. The van der Waals surface area contributed by atoms with E-state index < -0.39 is 5.60 Å². The fourth-order valence-electron chi connectivity index (χ4n) is 4.68. The number of hydrogen-bond acceptors (Lipinski definition) is 6. The lowest BCUT2D eigenvalue weighted by molar-refractivity contribution is -0.136. The van der Waals surface area contributed by atoms with Crippen molar-refractivity contribution in [1.82, 2.24) is 24.6 Å². The number of nitrogens with zero attached hydrogens (tertiary/aromatic N) is 6. The van der Waals surface area contributed by atoms with Crippen molar-refractivity contribution in [3.8, 4) is 11.1 Å². The largest absolute Gasteiger partial charge is 0.389 e. The first kappa shape index (κ1) is 20.8. The lowest BCUT2D eigenvalue weighted by Gasteiger charge is -2.32. The molecule has 0 unspecified atom stereocenters. The quantitative estimate of drug-likeness (QED) is 0.811. The van der Waals surface area contributed by atoms with Gasteiger partial charge in [-0.3, -0.25) is 9.48 Å². The molecule has 0 radical (unpaired) electrons. The van der Waals surface area contributed by atoms with E-state index in [1.807, 2.05) is 49.5 Å². The molecule has 2 aromatic heterocycles. The van der Waals surface area contributed by atoms with Crippen LogP contribution < -0.4 is 4.90 Å². The van der Waals surface area contributed by atoms with E-state index in [9.17, 15) is 9.90 Å². The number of aryl methyl sites for hydroxylation is 1. The predicted octanol–water partition coefficient (Wildman–Crippen LogP) is 2.34. The molecule has 0 spiro atoms. The summed E-state index contributed by atoms with van der Waals surface area (Å²) >= 11 is 0. The summed E-state index contributed by atoms with van der Waals surface area (Å²) in [4.78, 5) is 26.1. The summed E-state index contributed by atoms with van der Waals surface area (Å²) in [5.41, 5.74) is 2.10. The molecule has 8 heteroatoms. The molecule has 1 aliphatic carbocycles. The molecule has 2 fully saturated rings. The van der Waals surface area contributed by atoms with Gasteiger partial charge in [0.25, 0.3) is 0 Å². The Morgan fingerprint density at radius 3 is 2.70 bits per heavy atom. The van der Waals surface area contributed by atoms with Crippen LogP contribution in [0, 0.1) is 0 Å². The van der Waals surface area contributed by atoms with E-state index in [-0.39, 0.29) is 18.2 Å². The SMILES string of the molecule is CN(C)c1ncc(-c2cnn(C)c2)c([C@H]2CCN(C(=O)CC3(O)CCCCC3)C2)n1. The first-order valence-corrected chi connectivity index (χ1v) is 10.9. The van der Waals surface area contributed by atoms with Gasteiger partial charge in [0.15, 0.2) is 0 Å². The van der Waals surface area contributed by atoms with Crippen LogP contribution >= 0.6 is 0 Å². The Bertz CT molecular complexity index is 903. The van der Waals surface area contributed by atoms with E-state index in [1.54, 1.807) is 4.68 Å². The molecule has 4 rings (SSSR count). The van der Waals surface area contributed by atoms with Gasteiger partial charge in [-0.1, -0.05) is 19.3 Å². The van der Waals surface area contributed by atoms with Crippen LogP contribution in [0.25, 0.3) is 11.1 Å². The Hall–Kier alpha value is -2.48. The number of anilines is 1. The van der Waals surface area contributed by atoms with Crippen molar-refractivity contribution in [1.29, 1.82) is 0 Å². The van der Waals surface area contributed by atoms with E-state index in [1.165, 1.54) is 0 Å². The first-order valence-electron chi connectivity index (χ1n) is 10.9. The van der Waals surface area contributed by atoms with Gasteiger partial charge in [-0.25, -0.2) is 9.97 Å². The molecule has 0 aromatic carbocycles. The second-order valence-electron chi connectivity index (χ2n) is 9.05. The third-order valence-corrected chi connectivity index (χ3v) is 6.41. The van der Waals surface area contributed by atoms with Gasteiger partial charge in [0.1, 0.15) is 0 Å². The van der Waals surface area contributed by atoms with Gasteiger partial charge in [0.2, 0.25) is 11.9 Å². The highest BCUT2D eigenvalue weighted by molar-refractivity contribution is 5.78. The summed E-state index contributed by atoms with van der Waals surface area (Å²) in [6.07, 6.45) is 11.4. The summed E-state index contributed by atoms with van der Waals surface area (Å²) < 4.78 is 1.77. The van der Waals surface area contributed by atoms with Gasteiger partial charge in [-0.15, -0.1) is 0 Å². The fraction of sp³-hybridized carbons (Fsp3) is 0.636. The molecule has 3 heterocycles. The number of aromatic nitrogens is 4. The van der Waals surface area contributed by atoms with Gasteiger partial charge >= 0.3 is 0 Å². The Kier molecular flexibility index (Phi) is 5.77.